The zero-order valence-electron chi connectivity index (χ0n) is 16.7. The maximum absolute atomic E-state index is 2.33. The average molecular weight is 354 g/mol. The summed E-state index contributed by atoms with van der Waals surface area (Å²) in [6.07, 6.45) is 2.11. The standard InChI is InChI=1S/C25H26N2/c1-17-14-18(2)27(5)24(15-17)25-19(3)22(23-12-8-9-13-26(23)4)16-20-10-6-7-11-21(20)25/h6-16H,1-5H3/q+2. The lowest BCUT2D eigenvalue weighted by Crippen LogP contribution is -2.35. The molecule has 134 valence electrons. The maximum atomic E-state index is 2.33. The largest absolute Gasteiger partial charge is 0.213 e. The van der Waals surface area contributed by atoms with Crippen LogP contribution < -0.4 is 9.13 Å². The Hall–Kier alpha value is -3.00. The molecule has 0 bridgehead atoms. The summed E-state index contributed by atoms with van der Waals surface area (Å²) in [4.78, 5) is 0. The van der Waals surface area contributed by atoms with Crippen LogP contribution in [0.15, 0.2) is 66.9 Å². The van der Waals surface area contributed by atoms with Crippen LogP contribution >= 0.6 is 0 Å². The van der Waals surface area contributed by atoms with Gasteiger partial charge in [-0.05, 0) is 47.9 Å². The van der Waals surface area contributed by atoms with E-state index in [1.165, 1.54) is 50.1 Å². The molecule has 0 unspecified atom stereocenters. The molecule has 0 saturated heterocycles. The molecular weight excluding hydrogens is 328 g/mol. The second-order valence-electron chi connectivity index (χ2n) is 7.46. The third kappa shape index (κ3) is 2.91. The summed E-state index contributed by atoms with van der Waals surface area (Å²) in [7, 11) is 4.27. The van der Waals surface area contributed by atoms with E-state index in [0.29, 0.717) is 0 Å². The number of pyridine rings is 2. The number of aryl methyl sites for hydroxylation is 3. The predicted molar refractivity (Wildman–Crippen MR) is 111 cm³/mol. The molecule has 0 aliphatic rings. The molecular formula is C25H26N2+2. The molecule has 2 heterocycles. The minimum Gasteiger partial charge on any atom is -0.201 e. The van der Waals surface area contributed by atoms with Crippen molar-refractivity contribution in [2.24, 2.45) is 14.1 Å². The van der Waals surface area contributed by atoms with Gasteiger partial charge in [0, 0.05) is 31.2 Å². The summed E-state index contributed by atoms with van der Waals surface area (Å²) in [5.74, 6) is 0. The van der Waals surface area contributed by atoms with E-state index in [1.54, 1.807) is 0 Å². The lowest BCUT2D eigenvalue weighted by Gasteiger charge is -2.14. The summed E-state index contributed by atoms with van der Waals surface area (Å²) in [6, 6.07) is 22.0. The summed E-state index contributed by atoms with van der Waals surface area (Å²) in [6.45, 7) is 6.60. The predicted octanol–water partition coefficient (Wildman–Crippen LogP) is 4.75. The molecule has 0 atom stereocenters. The smallest absolute Gasteiger partial charge is 0.201 e. The Balaban J connectivity index is 2.15. The van der Waals surface area contributed by atoms with Crippen molar-refractivity contribution in [1.82, 2.24) is 0 Å². The molecule has 0 saturated carbocycles. The number of fused-ring (bicyclic) bond motifs is 1. The van der Waals surface area contributed by atoms with Crippen LogP contribution in [0.25, 0.3) is 33.3 Å². The van der Waals surface area contributed by atoms with Crippen LogP contribution in [0.3, 0.4) is 0 Å². The summed E-state index contributed by atoms with van der Waals surface area (Å²) in [5, 5.41) is 2.58. The van der Waals surface area contributed by atoms with Gasteiger partial charge < -0.3 is 0 Å². The van der Waals surface area contributed by atoms with Gasteiger partial charge in [-0.15, -0.1) is 0 Å². The highest BCUT2D eigenvalue weighted by Crippen LogP contribution is 2.36. The van der Waals surface area contributed by atoms with Crippen LogP contribution in [0.4, 0.5) is 0 Å². The molecule has 0 fully saturated rings. The summed E-state index contributed by atoms with van der Waals surface area (Å²) < 4.78 is 4.50. The Labute approximate surface area is 161 Å². The fourth-order valence-electron chi connectivity index (χ4n) is 4.06. The first-order chi connectivity index (χ1) is 13.0. The van der Waals surface area contributed by atoms with E-state index in [4.69, 9.17) is 0 Å². The van der Waals surface area contributed by atoms with E-state index >= 15 is 0 Å². The minimum atomic E-state index is 1.23. The van der Waals surface area contributed by atoms with Gasteiger partial charge in [-0.2, -0.15) is 4.57 Å². The number of aromatic nitrogens is 2. The van der Waals surface area contributed by atoms with E-state index in [-0.39, 0.29) is 0 Å². The molecule has 0 aliphatic carbocycles. The number of nitrogens with zero attached hydrogens (tertiary/aromatic N) is 2. The lowest BCUT2D eigenvalue weighted by molar-refractivity contribution is -0.666. The van der Waals surface area contributed by atoms with Gasteiger partial charge >= 0.3 is 0 Å². The molecule has 2 aromatic heterocycles. The highest BCUT2D eigenvalue weighted by atomic mass is 14.9. The number of hydrogen-bond donors (Lipinski definition) is 0. The molecule has 0 N–H and O–H groups in total. The van der Waals surface area contributed by atoms with Gasteiger partial charge in [0.1, 0.15) is 14.1 Å². The quantitative estimate of drug-likeness (QED) is 0.459. The highest BCUT2D eigenvalue weighted by Gasteiger charge is 2.23. The van der Waals surface area contributed by atoms with E-state index < -0.39 is 0 Å². The van der Waals surface area contributed by atoms with Crippen molar-refractivity contribution in [2.75, 3.05) is 0 Å². The molecule has 2 aromatic carbocycles. The van der Waals surface area contributed by atoms with E-state index in [2.05, 4.69) is 111 Å². The Bertz CT molecular complexity index is 1170. The van der Waals surface area contributed by atoms with Crippen molar-refractivity contribution < 1.29 is 9.13 Å². The Morgan fingerprint density at radius 3 is 2.26 bits per heavy atom. The van der Waals surface area contributed by atoms with Crippen LogP contribution in [-0.4, -0.2) is 0 Å². The molecule has 4 aromatic rings. The van der Waals surface area contributed by atoms with Crippen molar-refractivity contribution in [1.29, 1.82) is 0 Å². The van der Waals surface area contributed by atoms with Gasteiger partial charge in [0.2, 0.25) is 11.4 Å². The molecule has 27 heavy (non-hydrogen) atoms. The molecule has 0 spiro atoms. The fraction of sp³-hybridized carbons (Fsp3) is 0.200. The zero-order valence-corrected chi connectivity index (χ0v) is 16.7. The fourth-order valence-corrected chi connectivity index (χ4v) is 4.06. The molecule has 0 radical (unpaired) electrons. The van der Waals surface area contributed by atoms with Crippen LogP contribution in [0.2, 0.25) is 0 Å². The van der Waals surface area contributed by atoms with E-state index in [1.807, 2.05) is 0 Å². The normalized spacial score (nSPS) is 11.1. The molecule has 2 heteroatoms. The summed E-state index contributed by atoms with van der Waals surface area (Å²) >= 11 is 0. The highest BCUT2D eigenvalue weighted by molar-refractivity contribution is 6.00. The van der Waals surface area contributed by atoms with Crippen molar-refractivity contribution in [3.63, 3.8) is 0 Å². The van der Waals surface area contributed by atoms with E-state index in [9.17, 15) is 0 Å². The molecule has 4 rings (SSSR count). The first-order valence-electron chi connectivity index (χ1n) is 9.42. The SMILES string of the molecule is Cc1cc(C)[n+](C)c(-c2c(C)c(-c3cccc[n+]3C)cc3ccccc23)c1. The van der Waals surface area contributed by atoms with Crippen molar-refractivity contribution >= 4 is 10.8 Å². The van der Waals surface area contributed by atoms with Gasteiger partial charge in [-0.3, -0.25) is 0 Å². The first kappa shape index (κ1) is 17.4. The Morgan fingerprint density at radius 1 is 0.741 bits per heavy atom. The Morgan fingerprint density at radius 2 is 1.48 bits per heavy atom. The second-order valence-corrected chi connectivity index (χ2v) is 7.46. The minimum absolute atomic E-state index is 1.23. The molecule has 0 amide bonds. The topological polar surface area (TPSA) is 7.76 Å². The lowest BCUT2D eigenvalue weighted by atomic mass is 9.90. The molecule has 0 aliphatic heterocycles. The van der Waals surface area contributed by atoms with Crippen molar-refractivity contribution in [3.8, 4) is 22.5 Å². The average Bonchev–Trinajstić information content (AvgIpc) is 2.65. The number of benzene rings is 2. The third-order valence-electron chi connectivity index (χ3n) is 5.59. The monoisotopic (exact) mass is 354 g/mol. The van der Waals surface area contributed by atoms with Gasteiger partial charge in [0.15, 0.2) is 11.9 Å². The summed E-state index contributed by atoms with van der Waals surface area (Å²) in [5.41, 5.74) is 8.97. The van der Waals surface area contributed by atoms with Crippen LogP contribution in [0.5, 0.6) is 0 Å². The first-order valence-corrected chi connectivity index (χ1v) is 9.42. The van der Waals surface area contributed by atoms with E-state index in [0.717, 1.165) is 0 Å². The van der Waals surface area contributed by atoms with Gasteiger partial charge in [-0.25, -0.2) is 4.57 Å². The number of rotatable bonds is 2. The van der Waals surface area contributed by atoms with Crippen molar-refractivity contribution in [2.45, 2.75) is 20.8 Å². The Kier molecular flexibility index (Phi) is 4.27. The number of hydrogen-bond acceptors (Lipinski definition) is 0. The van der Waals surface area contributed by atoms with Crippen LogP contribution in [0.1, 0.15) is 16.8 Å². The van der Waals surface area contributed by atoms with Gasteiger partial charge in [-0.1, -0.05) is 24.3 Å². The third-order valence-corrected chi connectivity index (χ3v) is 5.59. The van der Waals surface area contributed by atoms with Gasteiger partial charge in [0.25, 0.3) is 0 Å². The molecule has 2 nitrogen and oxygen atoms in total. The second kappa shape index (κ2) is 6.62. The van der Waals surface area contributed by atoms with Gasteiger partial charge in [0.05, 0.1) is 11.1 Å². The van der Waals surface area contributed by atoms with Crippen LogP contribution in [-0.2, 0) is 14.1 Å². The van der Waals surface area contributed by atoms with Crippen LogP contribution in [0, 0.1) is 20.8 Å². The van der Waals surface area contributed by atoms with Crippen molar-refractivity contribution in [3.05, 3.63) is 83.7 Å². The maximum Gasteiger partial charge on any atom is 0.213 e. The zero-order chi connectivity index (χ0) is 19.1.